The Morgan fingerprint density at radius 3 is 2.78 bits per heavy atom. The lowest BCUT2D eigenvalue weighted by Crippen LogP contribution is -2.29. The van der Waals surface area contributed by atoms with Crippen LogP contribution < -0.4 is 15.6 Å². The van der Waals surface area contributed by atoms with Crippen molar-refractivity contribution in [2.75, 3.05) is 13.2 Å². The third-order valence-electron chi connectivity index (χ3n) is 3.60. The molecule has 11 heteroatoms. The van der Waals surface area contributed by atoms with Gasteiger partial charge in [0.05, 0.1) is 24.0 Å². The summed E-state index contributed by atoms with van der Waals surface area (Å²) in [4.78, 5) is 34.0. The van der Waals surface area contributed by atoms with Crippen LogP contribution in [0.15, 0.2) is 33.9 Å². The van der Waals surface area contributed by atoms with E-state index in [1.165, 1.54) is 13.3 Å². The first-order chi connectivity index (χ1) is 12.8. The van der Waals surface area contributed by atoms with Crippen LogP contribution in [0.4, 0.5) is 13.2 Å². The quantitative estimate of drug-likeness (QED) is 0.654. The van der Waals surface area contributed by atoms with Crippen molar-refractivity contribution in [3.8, 4) is 5.88 Å². The maximum atomic E-state index is 12.5. The normalized spacial score (nSPS) is 11.6. The van der Waals surface area contributed by atoms with Gasteiger partial charge in [-0.15, -0.1) is 0 Å². The summed E-state index contributed by atoms with van der Waals surface area (Å²) in [6.45, 7) is 1.53. The number of furan rings is 1. The molecule has 8 nitrogen and oxygen atoms in total. The summed E-state index contributed by atoms with van der Waals surface area (Å²) >= 11 is 0. The first-order valence-electron chi connectivity index (χ1n) is 7.68. The molecule has 0 spiro atoms. The molecule has 2 N–H and O–H groups in total. The number of pyridine rings is 1. The number of fused-ring (bicyclic) bond motifs is 1. The van der Waals surface area contributed by atoms with Gasteiger partial charge < -0.3 is 19.5 Å². The molecule has 0 aromatic carbocycles. The van der Waals surface area contributed by atoms with Crippen LogP contribution in [0.5, 0.6) is 5.88 Å². The number of alkyl halides is 3. The molecule has 0 atom stereocenters. The number of halogens is 3. The van der Waals surface area contributed by atoms with Crippen LogP contribution in [0.2, 0.25) is 0 Å². The van der Waals surface area contributed by atoms with Crippen LogP contribution in [0.3, 0.4) is 0 Å². The van der Waals surface area contributed by atoms with Crippen LogP contribution in [-0.4, -0.2) is 34.0 Å². The molecular formula is C16H13F3N4O4. The maximum Gasteiger partial charge on any atom is 0.417 e. The summed E-state index contributed by atoms with van der Waals surface area (Å²) in [5.41, 5.74) is -1.28. The number of carbonyl (C=O) groups excluding carboxylic acids is 1. The minimum Gasteiger partial charge on any atom is -0.476 e. The van der Waals surface area contributed by atoms with Crippen molar-refractivity contribution < 1.29 is 27.1 Å². The number of nitrogens with one attached hydrogen (secondary N) is 2. The van der Waals surface area contributed by atoms with Crippen LogP contribution >= 0.6 is 0 Å². The van der Waals surface area contributed by atoms with E-state index in [1.54, 1.807) is 0 Å². The number of aromatic nitrogens is 3. The standard InChI is InChI=1S/C16H13F3N4O4/c1-8-11(12-14(25)22-7-23-15(12)27-8)13(24)20-4-5-26-10-3-2-9(6-21-10)16(17,18)19/h2-3,6-7H,4-5H2,1H3,(H,20,24)(H,22,23,25). The second kappa shape index (κ2) is 7.09. The van der Waals surface area contributed by atoms with Crippen molar-refractivity contribution in [2.24, 2.45) is 0 Å². The number of H-pyrrole nitrogens is 1. The number of aryl methyl sites for hydroxylation is 1. The van der Waals surface area contributed by atoms with E-state index >= 15 is 0 Å². The SMILES string of the molecule is Cc1oc2nc[nH]c(=O)c2c1C(=O)NCCOc1ccc(C(F)(F)F)cn1. The van der Waals surface area contributed by atoms with E-state index in [0.717, 1.165) is 12.1 Å². The van der Waals surface area contributed by atoms with Crippen LogP contribution in [0.1, 0.15) is 21.7 Å². The summed E-state index contributed by atoms with van der Waals surface area (Å²) in [6.07, 6.45) is -2.65. The largest absolute Gasteiger partial charge is 0.476 e. The molecule has 142 valence electrons. The van der Waals surface area contributed by atoms with E-state index in [9.17, 15) is 22.8 Å². The Balaban J connectivity index is 1.59. The van der Waals surface area contributed by atoms with Gasteiger partial charge in [-0.3, -0.25) is 9.59 Å². The van der Waals surface area contributed by atoms with Crippen molar-refractivity contribution in [1.29, 1.82) is 0 Å². The molecule has 0 unspecified atom stereocenters. The summed E-state index contributed by atoms with van der Waals surface area (Å²) in [5, 5.41) is 2.58. The Hall–Kier alpha value is -3.37. The average Bonchev–Trinajstić information content (AvgIpc) is 2.95. The molecule has 0 aliphatic carbocycles. The zero-order valence-electron chi connectivity index (χ0n) is 13.9. The van der Waals surface area contributed by atoms with Crippen molar-refractivity contribution >= 4 is 17.0 Å². The first kappa shape index (κ1) is 18.4. The minimum absolute atomic E-state index is 0.0113. The molecule has 0 radical (unpaired) electrons. The molecule has 0 aliphatic heterocycles. The van der Waals surface area contributed by atoms with Gasteiger partial charge in [0, 0.05) is 12.3 Å². The lowest BCUT2D eigenvalue weighted by molar-refractivity contribution is -0.137. The van der Waals surface area contributed by atoms with E-state index in [-0.39, 0.29) is 41.5 Å². The van der Waals surface area contributed by atoms with E-state index in [4.69, 9.17) is 9.15 Å². The lowest BCUT2D eigenvalue weighted by atomic mass is 10.2. The Morgan fingerprint density at radius 1 is 1.33 bits per heavy atom. The van der Waals surface area contributed by atoms with Gasteiger partial charge >= 0.3 is 6.18 Å². The number of amides is 1. The van der Waals surface area contributed by atoms with E-state index in [1.807, 2.05) is 0 Å². The Labute approximate surface area is 149 Å². The fourth-order valence-electron chi connectivity index (χ4n) is 2.37. The maximum absolute atomic E-state index is 12.5. The summed E-state index contributed by atoms with van der Waals surface area (Å²) in [5.74, 6) is -0.339. The number of carbonyl (C=O) groups is 1. The van der Waals surface area contributed by atoms with Gasteiger partial charge in [0.15, 0.2) is 0 Å². The number of aromatic amines is 1. The molecule has 3 aromatic heterocycles. The lowest BCUT2D eigenvalue weighted by Gasteiger charge is -2.09. The third-order valence-corrected chi connectivity index (χ3v) is 3.60. The molecule has 3 heterocycles. The second-order valence-electron chi connectivity index (χ2n) is 5.43. The number of hydrogen-bond donors (Lipinski definition) is 2. The fraction of sp³-hybridized carbons (Fsp3) is 0.250. The monoisotopic (exact) mass is 382 g/mol. The minimum atomic E-state index is -4.47. The van der Waals surface area contributed by atoms with Crippen molar-refractivity contribution in [3.63, 3.8) is 0 Å². The molecular weight excluding hydrogens is 369 g/mol. The molecule has 3 aromatic rings. The number of rotatable bonds is 5. The number of nitrogens with zero attached hydrogens (tertiary/aromatic N) is 2. The fourth-order valence-corrected chi connectivity index (χ4v) is 2.37. The van der Waals surface area contributed by atoms with E-state index < -0.39 is 23.2 Å². The zero-order chi connectivity index (χ0) is 19.6. The van der Waals surface area contributed by atoms with Crippen LogP contribution in [0, 0.1) is 6.92 Å². The van der Waals surface area contributed by atoms with Gasteiger partial charge in [0.1, 0.15) is 17.8 Å². The van der Waals surface area contributed by atoms with Crippen LogP contribution in [0.25, 0.3) is 11.1 Å². The smallest absolute Gasteiger partial charge is 0.417 e. The summed E-state index contributed by atoms with van der Waals surface area (Å²) in [6, 6.07) is 1.94. The Morgan fingerprint density at radius 2 is 2.11 bits per heavy atom. The highest BCUT2D eigenvalue weighted by molar-refractivity contribution is 6.06. The molecule has 0 bridgehead atoms. The highest BCUT2D eigenvalue weighted by Gasteiger charge is 2.30. The number of ether oxygens (including phenoxy) is 1. The van der Waals surface area contributed by atoms with Gasteiger partial charge in [-0.1, -0.05) is 0 Å². The molecule has 0 saturated carbocycles. The predicted octanol–water partition coefficient (Wildman–Crippen LogP) is 2.05. The molecule has 0 saturated heterocycles. The first-order valence-corrected chi connectivity index (χ1v) is 7.68. The number of hydrogen-bond acceptors (Lipinski definition) is 6. The predicted molar refractivity (Wildman–Crippen MR) is 86.4 cm³/mol. The highest BCUT2D eigenvalue weighted by Crippen LogP contribution is 2.29. The Bertz CT molecular complexity index is 1020. The molecule has 3 rings (SSSR count). The van der Waals surface area contributed by atoms with E-state index in [2.05, 4.69) is 20.3 Å². The van der Waals surface area contributed by atoms with Gasteiger partial charge in [-0.25, -0.2) is 9.97 Å². The van der Waals surface area contributed by atoms with Crippen LogP contribution in [-0.2, 0) is 6.18 Å². The van der Waals surface area contributed by atoms with Crippen molar-refractivity contribution in [1.82, 2.24) is 20.3 Å². The highest BCUT2D eigenvalue weighted by atomic mass is 19.4. The summed E-state index contributed by atoms with van der Waals surface area (Å²) in [7, 11) is 0. The molecule has 27 heavy (non-hydrogen) atoms. The van der Waals surface area contributed by atoms with Crippen molar-refractivity contribution in [3.05, 3.63) is 51.9 Å². The molecule has 0 fully saturated rings. The Kier molecular flexibility index (Phi) is 4.84. The van der Waals surface area contributed by atoms with E-state index in [0.29, 0.717) is 6.20 Å². The van der Waals surface area contributed by atoms with Gasteiger partial charge in [0.25, 0.3) is 11.5 Å². The van der Waals surface area contributed by atoms with Gasteiger partial charge in [0.2, 0.25) is 11.6 Å². The molecule has 1 amide bonds. The summed E-state index contributed by atoms with van der Waals surface area (Å²) < 4.78 is 47.8. The zero-order valence-corrected chi connectivity index (χ0v) is 13.9. The third kappa shape index (κ3) is 3.91. The van der Waals surface area contributed by atoms with Gasteiger partial charge in [-0.2, -0.15) is 13.2 Å². The van der Waals surface area contributed by atoms with Gasteiger partial charge in [-0.05, 0) is 13.0 Å². The second-order valence-corrected chi connectivity index (χ2v) is 5.43. The topological polar surface area (TPSA) is 110 Å². The molecule has 0 aliphatic rings. The average molecular weight is 382 g/mol. The van der Waals surface area contributed by atoms with Crippen molar-refractivity contribution in [2.45, 2.75) is 13.1 Å².